The third kappa shape index (κ3) is 3.55. The highest BCUT2D eigenvalue weighted by atomic mass is 16.2. The number of anilines is 1. The van der Waals surface area contributed by atoms with Gasteiger partial charge in [-0.15, -0.1) is 0 Å². The summed E-state index contributed by atoms with van der Waals surface area (Å²) in [6.45, 7) is 2.27. The Hall–Kier alpha value is -3.73. The Kier molecular flexibility index (Phi) is 4.96. The lowest BCUT2D eigenvalue weighted by Gasteiger charge is -2.25. The van der Waals surface area contributed by atoms with Gasteiger partial charge < -0.3 is 4.90 Å². The van der Waals surface area contributed by atoms with E-state index in [4.69, 9.17) is 0 Å². The molecule has 3 aromatic rings. The van der Waals surface area contributed by atoms with Crippen LogP contribution in [0.2, 0.25) is 0 Å². The number of para-hydroxylation sites is 1. The number of aryl methyl sites for hydroxylation is 1. The Morgan fingerprint density at radius 1 is 0.828 bits per heavy atom. The number of rotatable bonds is 5. The van der Waals surface area contributed by atoms with Gasteiger partial charge in [0, 0.05) is 24.3 Å². The van der Waals surface area contributed by atoms with Gasteiger partial charge in [0.05, 0.1) is 11.1 Å². The van der Waals surface area contributed by atoms with E-state index >= 15 is 0 Å². The van der Waals surface area contributed by atoms with E-state index in [0.29, 0.717) is 16.7 Å². The van der Waals surface area contributed by atoms with Crippen molar-refractivity contribution in [3.8, 4) is 0 Å². The highest BCUT2D eigenvalue weighted by Gasteiger charge is 2.35. The molecule has 4 rings (SSSR count). The van der Waals surface area contributed by atoms with Crippen molar-refractivity contribution >= 4 is 23.4 Å². The van der Waals surface area contributed by atoms with Crippen LogP contribution in [-0.4, -0.2) is 35.7 Å². The summed E-state index contributed by atoms with van der Waals surface area (Å²) >= 11 is 0. The first-order valence-corrected chi connectivity index (χ1v) is 9.45. The van der Waals surface area contributed by atoms with Gasteiger partial charge >= 0.3 is 0 Å². The molecule has 0 saturated carbocycles. The number of hydrogen-bond acceptors (Lipinski definition) is 3. The van der Waals surface area contributed by atoms with E-state index in [1.54, 1.807) is 35.2 Å². The smallest absolute Gasteiger partial charge is 0.261 e. The lowest BCUT2D eigenvalue weighted by atomic mass is 10.1. The summed E-state index contributed by atoms with van der Waals surface area (Å²) in [5, 5.41) is 0. The molecule has 144 valence electrons. The Morgan fingerprint density at radius 2 is 1.45 bits per heavy atom. The number of hydrogen-bond donors (Lipinski definition) is 0. The zero-order chi connectivity index (χ0) is 20.4. The number of nitrogens with zero attached hydrogens (tertiary/aromatic N) is 2. The molecule has 0 unspecified atom stereocenters. The van der Waals surface area contributed by atoms with Gasteiger partial charge in [-0.1, -0.05) is 48.0 Å². The first-order valence-electron chi connectivity index (χ1n) is 9.45. The second-order valence-electron chi connectivity index (χ2n) is 6.97. The monoisotopic (exact) mass is 384 g/mol. The standard InChI is InChI=1S/C24H20N2O3/c1-17-8-7-9-18(16-17)22(27)25(19-10-3-2-4-11-19)14-15-26-23(28)20-12-5-6-13-21(20)24(26)29/h2-13,16H,14-15H2,1H3. The van der Waals surface area contributed by atoms with Crippen molar-refractivity contribution in [2.75, 3.05) is 18.0 Å². The minimum atomic E-state index is -0.318. The highest BCUT2D eigenvalue weighted by molar-refractivity contribution is 6.21. The predicted molar refractivity (Wildman–Crippen MR) is 111 cm³/mol. The van der Waals surface area contributed by atoms with E-state index < -0.39 is 0 Å². The Morgan fingerprint density at radius 3 is 2.07 bits per heavy atom. The van der Waals surface area contributed by atoms with Crippen LogP contribution in [0.5, 0.6) is 0 Å². The summed E-state index contributed by atoms with van der Waals surface area (Å²) in [6.07, 6.45) is 0. The Bertz CT molecular complexity index is 1060. The molecule has 3 amide bonds. The average Bonchev–Trinajstić information content (AvgIpc) is 2.99. The van der Waals surface area contributed by atoms with E-state index in [2.05, 4.69) is 0 Å². The SMILES string of the molecule is Cc1cccc(C(=O)N(CCN2C(=O)c3ccccc3C2=O)c2ccccc2)c1. The Labute approximate surface area is 169 Å². The normalized spacial score (nSPS) is 12.8. The fourth-order valence-corrected chi connectivity index (χ4v) is 3.53. The quantitative estimate of drug-likeness (QED) is 0.626. The van der Waals surface area contributed by atoms with E-state index in [-0.39, 0.29) is 30.8 Å². The predicted octanol–water partition coefficient (Wildman–Crippen LogP) is 3.94. The van der Waals surface area contributed by atoms with Crippen molar-refractivity contribution in [2.24, 2.45) is 0 Å². The molecule has 5 nitrogen and oxygen atoms in total. The summed E-state index contributed by atoms with van der Waals surface area (Å²) < 4.78 is 0. The van der Waals surface area contributed by atoms with Gasteiger partial charge in [0.1, 0.15) is 0 Å². The molecule has 1 aliphatic rings. The van der Waals surface area contributed by atoms with Crippen molar-refractivity contribution in [1.29, 1.82) is 0 Å². The van der Waals surface area contributed by atoms with Crippen LogP contribution in [0.3, 0.4) is 0 Å². The van der Waals surface area contributed by atoms with E-state index in [1.165, 1.54) is 4.90 Å². The molecule has 0 aromatic heterocycles. The number of fused-ring (bicyclic) bond motifs is 1. The van der Waals surface area contributed by atoms with E-state index in [0.717, 1.165) is 11.3 Å². The lowest BCUT2D eigenvalue weighted by molar-refractivity contribution is 0.0654. The summed E-state index contributed by atoms with van der Waals surface area (Å²) in [5.41, 5.74) is 3.10. The lowest BCUT2D eigenvalue weighted by Crippen LogP contribution is -2.41. The van der Waals surface area contributed by atoms with Crippen molar-refractivity contribution in [1.82, 2.24) is 4.90 Å². The van der Waals surface area contributed by atoms with Crippen LogP contribution >= 0.6 is 0 Å². The van der Waals surface area contributed by atoms with Crippen LogP contribution in [0.15, 0.2) is 78.9 Å². The molecule has 0 atom stereocenters. The second kappa shape index (κ2) is 7.72. The molecule has 0 spiro atoms. The first kappa shape index (κ1) is 18.6. The maximum absolute atomic E-state index is 13.2. The number of carbonyl (C=O) groups excluding carboxylic acids is 3. The summed E-state index contributed by atoms with van der Waals surface area (Å²) in [7, 11) is 0. The number of carbonyl (C=O) groups is 3. The molecule has 0 fully saturated rings. The first-order chi connectivity index (χ1) is 14.1. The molecule has 3 aromatic carbocycles. The maximum atomic E-state index is 13.2. The molecule has 0 N–H and O–H groups in total. The zero-order valence-corrected chi connectivity index (χ0v) is 16.0. The molecule has 0 bridgehead atoms. The number of benzene rings is 3. The summed E-state index contributed by atoms with van der Waals surface area (Å²) in [6, 6.07) is 23.4. The fraction of sp³-hybridized carbons (Fsp3) is 0.125. The van der Waals surface area contributed by atoms with Crippen LogP contribution in [0.1, 0.15) is 36.6 Å². The average molecular weight is 384 g/mol. The fourth-order valence-electron chi connectivity index (χ4n) is 3.53. The molecule has 0 aliphatic carbocycles. The van der Waals surface area contributed by atoms with E-state index in [9.17, 15) is 14.4 Å². The maximum Gasteiger partial charge on any atom is 0.261 e. The molecule has 1 heterocycles. The summed E-state index contributed by atoms with van der Waals surface area (Å²) in [5.74, 6) is -0.806. The zero-order valence-electron chi connectivity index (χ0n) is 16.0. The van der Waals surface area contributed by atoms with Gasteiger partial charge in [0.15, 0.2) is 0 Å². The number of imide groups is 1. The highest BCUT2D eigenvalue weighted by Crippen LogP contribution is 2.23. The van der Waals surface area contributed by atoms with Gasteiger partial charge in [-0.3, -0.25) is 19.3 Å². The number of amides is 3. The minimum absolute atomic E-state index is 0.124. The topological polar surface area (TPSA) is 57.7 Å². The molecule has 0 radical (unpaired) electrons. The molecule has 5 heteroatoms. The van der Waals surface area contributed by atoms with Gasteiger partial charge in [-0.05, 0) is 43.3 Å². The minimum Gasteiger partial charge on any atom is -0.307 e. The third-order valence-corrected chi connectivity index (χ3v) is 5.00. The molecule has 1 aliphatic heterocycles. The molecule has 29 heavy (non-hydrogen) atoms. The van der Waals surface area contributed by atoms with Crippen LogP contribution in [0.25, 0.3) is 0 Å². The van der Waals surface area contributed by atoms with Gasteiger partial charge in [-0.25, -0.2) is 0 Å². The van der Waals surface area contributed by atoms with Gasteiger partial charge in [-0.2, -0.15) is 0 Å². The van der Waals surface area contributed by atoms with Crippen LogP contribution < -0.4 is 4.90 Å². The van der Waals surface area contributed by atoms with Gasteiger partial charge in [0.2, 0.25) is 0 Å². The van der Waals surface area contributed by atoms with Crippen LogP contribution in [-0.2, 0) is 0 Å². The van der Waals surface area contributed by atoms with E-state index in [1.807, 2.05) is 55.5 Å². The Balaban J connectivity index is 1.60. The molecular formula is C24H20N2O3. The largest absolute Gasteiger partial charge is 0.307 e. The van der Waals surface area contributed by atoms with Crippen molar-refractivity contribution in [3.05, 3.63) is 101 Å². The molecule has 0 saturated heterocycles. The molecular weight excluding hydrogens is 364 g/mol. The van der Waals surface area contributed by atoms with Crippen LogP contribution in [0.4, 0.5) is 5.69 Å². The second-order valence-corrected chi connectivity index (χ2v) is 6.97. The van der Waals surface area contributed by atoms with Crippen molar-refractivity contribution < 1.29 is 14.4 Å². The van der Waals surface area contributed by atoms with Crippen molar-refractivity contribution in [2.45, 2.75) is 6.92 Å². The van der Waals surface area contributed by atoms with Crippen molar-refractivity contribution in [3.63, 3.8) is 0 Å². The third-order valence-electron chi connectivity index (χ3n) is 5.00. The van der Waals surface area contributed by atoms with Gasteiger partial charge in [0.25, 0.3) is 17.7 Å². The van der Waals surface area contributed by atoms with Crippen LogP contribution in [0, 0.1) is 6.92 Å². The summed E-state index contributed by atoms with van der Waals surface area (Å²) in [4.78, 5) is 41.3.